The molecule has 2 nitrogen and oxygen atoms in total. The lowest BCUT2D eigenvalue weighted by Gasteiger charge is -2.36. The smallest absolute Gasteiger partial charge is 0.0768 e. The van der Waals surface area contributed by atoms with E-state index in [4.69, 9.17) is 0 Å². The molecule has 310 valence electrons. The molecule has 65 heavy (non-hydrogen) atoms. The summed E-state index contributed by atoms with van der Waals surface area (Å²) in [5, 5.41) is 0. The Morgan fingerprint density at radius 2 is 0.862 bits per heavy atom. The summed E-state index contributed by atoms with van der Waals surface area (Å²) in [7, 11) is 0. The van der Waals surface area contributed by atoms with Crippen molar-refractivity contribution in [2.45, 2.75) is 31.6 Å². The molecule has 0 saturated heterocycles. The number of benzene rings is 9. The molecular formula is C63H48N2. The highest BCUT2D eigenvalue weighted by molar-refractivity contribution is 6.05. The van der Waals surface area contributed by atoms with Gasteiger partial charge < -0.3 is 9.47 Å². The number of anilines is 3. The number of para-hydroxylation sites is 2. The summed E-state index contributed by atoms with van der Waals surface area (Å²) in [6.45, 7) is 6.81. The Morgan fingerprint density at radius 3 is 1.49 bits per heavy atom. The predicted octanol–water partition coefficient (Wildman–Crippen LogP) is 16.6. The Balaban J connectivity index is 1.19. The van der Waals surface area contributed by atoms with Gasteiger partial charge in [-0.2, -0.15) is 0 Å². The zero-order valence-electron chi connectivity index (χ0n) is 36.9. The second kappa shape index (κ2) is 15.1. The molecule has 2 aliphatic rings. The van der Waals surface area contributed by atoms with Crippen molar-refractivity contribution in [3.05, 3.63) is 264 Å². The summed E-state index contributed by atoms with van der Waals surface area (Å²) in [5.74, 6) is 0. The van der Waals surface area contributed by atoms with Crippen LogP contribution < -0.4 is 4.90 Å². The maximum Gasteiger partial charge on any atom is 0.0768 e. The fourth-order valence-corrected chi connectivity index (χ4v) is 11.0. The van der Waals surface area contributed by atoms with E-state index in [1.54, 1.807) is 0 Å². The van der Waals surface area contributed by atoms with E-state index in [0.717, 1.165) is 22.7 Å². The van der Waals surface area contributed by atoms with Crippen LogP contribution in [0, 0.1) is 0 Å². The minimum absolute atomic E-state index is 0.0985. The standard InChI is InChI=1S/C63H48N2/c1-62(2,3)47-39-35-43(36-40-47)44-37-41-50(42-38-44)64(48-25-12-6-13-26-48)56-34-20-31-52-51-29-16-18-32-54(51)63(58(52)56)55-33-19-17-30-53(55)61-59(63)57(45-21-8-4-9-22-45)60(46-23-10-5-11-24-46)65(61)49-27-14-7-15-28-49/h4-42H,1-3H3. The number of hydrogen-bond donors (Lipinski definition) is 0. The van der Waals surface area contributed by atoms with Crippen LogP contribution >= 0.6 is 0 Å². The van der Waals surface area contributed by atoms with Crippen molar-refractivity contribution in [3.63, 3.8) is 0 Å². The Morgan fingerprint density at radius 1 is 0.369 bits per heavy atom. The third kappa shape index (κ3) is 5.94. The predicted molar refractivity (Wildman–Crippen MR) is 272 cm³/mol. The Bertz CT molecular complexity index is 3320. The molecule has 0 amide bonds. The molecule has 1 spiro atoms. The molecule has 10 aromatic rings. The summed E-state index contributed by atoms with van der Waals surface area (Å²) in [4.78, 5) is 2.49. The molecule has 0 saturated carbocycles. The van der Waals surface area contributed by atoms with Gasteiger partial charge in [0.2, 0.25) is 0 Å². The van der Waals surface area contributed by atoms with Gasteiger partial charge in [-0.3, -0.25) is 0 Å². The van der Waals surface area contributed by atoms with Gasteiger partial charge in [-0.1, -0.05) is 215 Å². The van der Waals surface area contributed by atoms with E-state index in [0.29, 0.717) is 0 Å². The number of aromatic nitrogens is 1. The van der Waals surface area contributed by atoms with E-state index in [1.807, 2.05) is 0 Å². The molecule has 0 radical (unpaired) electrons. The molecule has 0 N–H and O–H groups in total. The first kappa shape index (κ1) is 38.7. The highest BCUT2D eigenvalue weighted by atomic mass is 15.1. The van der Waals surface area contributed by atoms with Gasteiger partial charge >= 0.3 is 0 Å². The van der Waals surface area contributed by atoms with Crippen molar-refractivity contribution < 1.29 is 0 Å². The van der Waals surface area contributed by atoms with Crippen molar-refractivity contribution in [1.29, 1.82) is 0 Å². The zero-order valence-corrected chi connectivity index (χ0v) is 36.9. The van der Waals surface area contributed by atoms with Gasteiger partial charge in [0.15, 0.2) is 0 Å². The average molecular weight is 833 g/mol. The SMILES string of the molecule is CC(C)(C)c1ccc(-c2ccc(N(c3ccccc3)c3cccc4c3C3(c5ccccc5-4)c4ccccc4-c4c3c(-c3ccccc3)c(-c3ccccc3)n4-c3ccccc3)cc2)cc1. The maximum atomic E-state index is 2.56. The Kier molecular flexibility index (Phi) is 9.00. The van der Waals surface area contributed by atoms with E-state index in [9.17, 15) is 0 Å². The topological polar surface area (TPSA) is 8.17 Å². The first-order valence-corrected chi connectivity index (χ1v) is 22.8. The molecule has 1 heterocycles. The third-order valence-electron chi connectivity index (χ3n) is 13.8. The monoisotopic (exact) mass is 832 g/mol. The fraction of sp³-hybridized carbons (Fsp3) is 0.0794. The second-order valence-electron chi connectivity index (χ2n) is 18.4. The van der Waals surface area contributed by atoms with E-state index < -0.39 is 5.41 Å². The molecule has 2 heteroatoms. The van der Waals surface area contributed by atoms with E-state index in [-0.39, 0.29) is 5.41 Å². The first-order valence-electron chi connectivity index (χ1n) is 22.8. The summed E-state index contributed by atoms with van der Waals surface area (Å²) >= 11 is 0. The molecule has 12 rings (SSSR count). The van der Waals surface area contributed by atoms with Crippen LogP contribution in [-0.2, 0) is 10.8 Å². The van der Waals surface area contributed by atoms with E-state index in [1.165, 1.54) is 83.7 Å². The lowest BCUT2D eigenvalue weighted by Crippen LogP contribution is -2.28. The lowest BCUT2D eigenvalue weighted by molar-refractivity contribution is 0.590. The van der Waals surface area contributed by atoms with Crippen LogP contribution in [0.25, 0.3) is 61.6 Å². The number of fused-ring (bicyclic) bond motifs is 10. The normalized spacial score (nSPS) is 14.4. The van der Waals surface area contributed by atoms with E-state index >= 15 is 0 Å². The zero-order chi connectivity index (χ0) is 43.7. The summed E-state index contributed by atoms with van der Waals surface area (Å²) < 4.78 is 2.56. The van der Waals surface area contributed by atoms with Crippen molar-refractivity contribution in [3.8, 4) is 61.6 Å². The summed E-state index contributed by atoms with van der Waals surface area (Å²) in [6.07, 6.45) is 0. The summed E-state index contributed by atoms with van der Waals surface area (Å²) in [6, 6.07) is 87.6. The van der Waals surface area contributed by atoms with Gasteiger partial charge in [0.25, 0.3) is 0 Å². The summed E-state index contributed by atoms with van der Waals surface area (Å²) in [5.41, 5.74) is 22.7. The van der Waals surface area contributed by atoms with Gasteiger partial charge in [-0.25, -0.2) is 0 Å². The van der Waals surface area contributed by atoms with Crippen LogP contribution in [0.5, 0.6) is 0 Å². The van der Waals surface area contributed by atoms with Crippen LogP contribution in [0.15, 0.2) is 237 Å². The minimum Gasteiger partial charge on any atom is -0.310 e. The highest BCUT2D eigenvalue weighted by Gasteiger charge is 2.56. The van der Waals surface area contributed by atoms with Gasteiger partial charge in [-0.15, -0.1) is 0 Å². The first-order chi connectivity index (χ1) is 31.9. The molecule has 0 bridgehead atoms. The minimum atomic E-state index is -0.690. The second-order valence-corrected chi connectivity index (χ2v) is 18.4. The highest BCUT2D eigenvalue weighted by Crippen LogP contribution is 2.68. The molecule has 1 atom stereocenters. The fourth-order valence-electron chi connectivity index (χ4n) is 11.0. The molecular weight excluding hydrogens is 785 g/mol. The van der Waals surface area contributed by atoms with Crippen molar-refractivity contribution >= 4 is 17.1 Å². The van der Waals surface area contributed by atoms with Crippen LogP contribution in [-0.4, -0.2) is 4.57 Å². The maximum absolute atomic E-state index is 2.56. The van der Waals surface area contributed by atoms with Crippen molar-refractivity contribution in [1.82, 2.24) is 4.57 Å². The van der Waals surface area contributed by atoms with Crippen LogP contribution in [0.4, 0.5) is 17.1 Å². The quantitative estimate of drug-likeness (QED) is 0.155. The van der Waals surface area contributed by atoms with E-state index in [2.05, 4.69) is 267 Å². The van der Waals surface area contributed by atoms with Crippen LogP contribution in [0.1, 0.15) is 48.6 Å². The van der Waals surface area contributed by atoms with Gasteiger partial charge in [0.1, 0.15) is 0 Å². The van der Waals surface area contributed by atoms with Gasteiger partial charge in [0.05, 0.1) is 22.5 Å². The van der Waals surface area contributed by atoms with Crippen LogP contribution in [0.3, 0.4) is 0 Å². The number of rotatable bonds is 7. The number of nitrogens with zero attached hydrogens (tertiary/aromatic N) is 2. The average Bonchev–Trinajstić information content (AvgIpc) is 3.98. The largest absolute Gasteiger partial charge is 0.310 e. The molecule has 9 aromatic carbocycles. The van der Waals surface area contributed by atoms with Crippen LogP contribution in [0.2, 0.25) is 0 Å². The molecule has 0 fully saturated rings. The molecule has 0 aliphatic heterocycles. The molecule has 1 aromatic heterocycles. The third-order valence-corrected chi connectivity index (χ3v) is 13.8. The molecule has 2 aliphatic carbocycles. The molecule has 1 unspecified atom stereocenters. The van der Waals surface area contributed by atoms with Crippen molar-refractivity contribution in [2.24, 2.45) is 0 Å². The lowest BCUT2D eigenvalue weighted by atomic mass is 9.68. The Labute approximate surface area is 382 Å². The Hall–Kier alpha value is -7.94. The van der Waals surface area contributed by atoms with Gasteiger partial charge in [0, 0.05) is 39.3 Å². The number of hydrogen-bond acceptors (Lipinski definition) is 1. The van der Waals surface area contributed by atoms with Gasteiger partial charge in [-0.05, 0) is 98.0 Å². The van der Waals surface area contributed by atoms with Crippen molar-refractivity contribution in [2.75, 3.05) is 4.90 Å².